The molecule has 0 aromatic heterocycles. The van der Waals surface area contributed by atoms with Crippen LogP contribution in [-0.2, 0) is 16.0 Å². The summed E-state index contributed by atoms with van der Waals surface area (Å²) in [5.74, 6) is -0.925. The minimum Gasteiger partial charge on any atom is -0.326 e. The fourth-order valence-electron chi connectivity index (χ4n) is 2.92. The van der Waals surface area contributed by atoms with Crippen LogP contribution in [0.3, 0.4) is 0 Å². The van der Waals surface area contributed by atoms with Gasteiger partial charge in [-0.1, -0.05) is 42.5 Å². The summed E-state index contributed by atoms with van der Waals surface area (Å²) in [5, 5.41) is 7.22. The number of anilines is 1. The van der Waals surface area contributed by atoms with Crippen LogP contribution in [0.5, 0.6) is 0 Å². The first-order valence-electron chi connectivity index (χ1n) is 9.17. The lowest BCUT2D eigenvalue weighted by Crippen LogP contribution is -2.48. The molecule has 0 aliphatic carbocycles. The van der Waals surface area contributed by atoms with Gasteiger partial charge in [0, 0.05) is 18.2 Å². The van der Waals surface area contributed by atoms with Crippen LogP contribution in [0.1, 0.15) is 22.8 Å². The predicted octanol–water partition coefficient (Wildman–Crippen LogP) is 2.68. The van der Waals surface area contributed by atoms with E-state index in [1.54, 1.807) is 24.3 Å². The summed E-state index contributed by atoms with van der Waals surface area (Å²) >= 11 is 5.07. The van der Waals surface area contributed by atoms with E-state index in [9.17, 15) is 14.4 Å². The Morgan fingerprint density at radius 2 is 1.57 bits per heavy atom. The Balaban J connectivity index is 1.51. The number of thiocarbonyl (C=S) groups is 1. The summed E-state index contributed by atoms with van der Waals surface area (Å²) in [7, 11) is 0. The van der Waals surface area contributed by atoms with Crippen LogP contribution >= 0.6 is 12.2 Å². The molecular weight excluding hydrogens is 400 g/mol. The minimum atomic E-state index is -0.435. The third-order valence-corrected chi connectivity index (χ3v) is 4.45. The number of nitrogens with one attached hydrogen (secondary N) is 4. The van der Waals surface area contributed by atoms with Crippen molar-refractivity contribution in [3.8, 4) is 0 Å². The van der Waals surface area contributed by atoms with Crippen LogP contribution in [0, 0.1) is 0 Å². The average molecular weight is 420 g/mol. The van der Waals surface area contributed by atoms with Crippen molar-refractivity contribution in [2.45, 2.75) is 13.3 Å². The molecular formula is C22H20N4O3S. The second kappa shape index (κ2) is 9.62. The van der Waals surface area contributed by atoms with Gasteiger partial charge in [-0.3, -0.25) is 25.2 Å². The summed E-state index contributed by atoms with van der Waals surface area (Å²) in [5.41, 5.74) is 6.77. The summed E-state index contributed by atoms with van der Waals surface area (Å²) in [6.45, 7) is 1.40. The topological polar surface area (TPSA) is 99.3 Å². The highest BCUT2D eigenvalue weighted by Gasteiger charge is 2.10. The Morgan fingerprint density at radius 1 is 0.867 bits per heavy atom. The third kappa shape index (κ3) is 5.62. The van der Waals surface area contributed by atoms with Crippen molar-refractivity contribution in [3.05, 3.63) is 77.9 Å². The van der Waals surface area contributed by atoms with Crippen molar-refractivity contribution in [2.75, 3.05) is 5.32 Å². The molecule has 3 rings (SSSR count). The lowest BCUT2D eigenvalue weighted by molar-refractivity contribution is -0.119. The SMILES string of the molecule is CC(=O)Nc1ccc(C(=O)NNC(=S)NC(=O)Cc2cccc3ccccc23)cc1. The monoisotopic (exact) mass is 420 g/mol. The maximum atomic E-state index is 12.3. The van der Waals surface area contributed by atoms with Gasteiger partial charge in [-0.05, 0) is 52.8 Å². The maximum absolute atomic E-state index is 12.3. The molecule has 0 unspecified atom stereocenters. The third-order valence-electron chi connectivity index (χ3n) is 4.24. The second-order valence-corrected chi connectivity index (χ2v) is 6.94. The second-order valence-electron chi connectivity index (χ2n) is 6.53. The van der Waals surface area contributed by atoms with Gasteiger partial charge in [0.1, 0.15) is 0 Å². The number of carbonyl (C=O) groups is 3. The van der Waals surface area contributed by atoms with Gasteiger partial charge in [-0.15, -0.1) is 0 Å². The average Bonchev–Trinajstić information content (AvgIpc) is 2.72. The molecule has 0 aliphatic heterocycles. The van der Waals surface area contributed by atoms with E-state index >= 15 is 0 Å². The van der Waals surface area contributed by atoms with Crippen LogP contribution in [0.2, 0.25) is 0 Å². The van der Waals surface area contributed by atoms with Crippen molar-refractivity contribution >= 4 is 51.5 Å². The predicted molar refractivity (Wildman–Crippen MR) is 120 cm³/mol. The fourth-order valence-corrected chi connectivity index (χ4v) is 3.08. The van der Waals surface area contributed by atoms with Gasteiger partial charge in [0.15, 0.2) is 5.11 Å². The zero-order valence-corrected chi connectivity index (χ0v) is 17.0. The van der Waals surface area contributed by atoms with E-state index in [2.05, 4.69) is 21.5 Å². The van der Waals surface area contributed by atoms with Gasteiger partial charge in [0.05, 0.1) is 6.42 Å². The zero-order chi connectivity index (χ0) is 21.5. The highest BCUT2D eigenvalue weighted by Crippen LogP contribution is 2.18. The Kier molecular flexibility index (Phi) is 6.71. The molecule has 3 aromatic rings. The maximum Gasteiger partial charge on any atom is 0.269 e. The molecule has 0 spiro atoms. The smallest absolute Gasteiger partial charge is 0.269 e. The molecule has 0 aliphatic rings. The molecule has 3 amide bonds. The van der Waals surface area contributed by atoms with E-state index in [4.69, 9.17) is 12.2 Å². The molecule has 0 saturated carbocycles. The number of hydrogen-bond donors (Lipinski definition) is 4. The van der Waals surface area contributed by atoms with Crippen molar-refractivity contribution in [1.29, 1.82) is 0 Å². The molecule has 152 valence electrons. The standard InChI is InChI=1S/C22H20N4O3S/c1-14(27)23-18-11-9-16(10-12-18)21(29)25-26-22(30)24-20(28)13-17-7-4-6-15-5-2-3-8-19(15)17/h2-12H,13H2,1H3,(H,23,27)(H,25,29)(H2,24,26,28,30). The fraction of sp³-hybridized carbons (Fsp3) is 0.0909. The lowest BCUT2D eigenvalue weighted by atomic mass is 10.0. The number of rotatable bonds is 4. The highest BCUT2D eigenvalue weighted by molar-refractivity contribution is 7.80. The summed E-state index contributed by atoms with van der Waals surface area (Å²) in [6.07, 6.45) is 0.154. The molecule has 0 fully saturated rings. The van der Waals surface area contributed by atoms with E-state index in [-0.39, 0.29) is 23.3 Å². The molecule has 0 atom stereocenters. The number of hydrogen-bond acceptors (Lipinski definition) is 4. The first-order valence-corrected chi connectivity index (χ1v) is 9.57. The van der Waals surface area contributed by atoms with Crippen LogP contribution in [0.15, 0.2) is 66.7 Å². The molecule has 3 aromatic carbocycles. The minimum absolute atomic E-state index is 0.0107. The van der Waals surface area contributed by atoms with Gasteiger partial charge in [-0.2, -0.15) is 0 Å². The number of hydrazine groups is 1. The summed E-state index contributed by atoms with van der Waals surface area (Å²) in [6, 6.07) is 19.9. The van der Waals surface area contributed by atoms with Gasteiger partial charge < -0.3 is 10.6 Å². The normalized spacial score (nSPS) is 10.2. The van der Waals surface area contributed by atoms with Crippen LogP contribution < -0.4 is 21.5 Å². The van der Waals surface area contributed by atoms with E-state index < -0.39 is 5.91 Å². The Labute approximate surface area is 178 Å². The molecule has 0 bridgehead atoms. The largest absolute Gasteiger partial charge is 0.326 e. The highest BCUT2D eigenvalue weighted by atomic mass is 32.1. The molecule has 4 N–H and O–H groups in total. The van der Waals surface area contributed by atoms with E-state index in [1.165, 1.54) is 6.92 Å². The van der Waals surface area contributed by atoms with Gasteiger partial charge in [-0.25, -0.2) is 0 Å². The van der Waals surface area contributed by atoms with Gasteiger partial charge in [0.2, 0.25) is 11.8 Å². The zero-order valence-electron chi connectivity index (χ0n) is 16.2. The van der Waals surface area contributed by atoms with Crippen LogP contribution in [0.25, 0.3) is 10.8 Å². The van der Waals surface area contributed by atoms with Crippen molar-refractivity contribution in [1.82, 2.24) is 16.2 Å². The molecule has 7 nitrogen and oxygen atoms in total. The number of carbonyl (C=O) groups excluding carboxylic acids is 3. The molecule has 0 heterocycles. The Hall–Kier alpha value is -3.78. The van der Waals surface area contributed by atoms with Crippen molar-refractivity contribution in [3.63, 3.8) is 0 Å². The van der Waals surface area contributed by atoms with E-state index in [1.807, 2.05) is 42.5 Å². The van der Waals surface area contributed by atoms with E-state index in [0.717, 1.165) is 16.3 Å². The summed E-state index contributed by atoms with van der Waals surface area (Å²) < 4.78 is 0. The molecule has 0 saturated heterocycles. The van der Waals surface area contributed by atoms with Crippen molar-refractivity contribution < 1.29 is 14.4 Å². The number of benzene rings is 3. The molecule has 8 heteroatoms. The number of amides is 3. The number of fused-ring (bicyclic) bond motifs is 1. The molecule has 30 heavy (non-hydrogen) atoms. The van der Waals surface area contributed by atoms with Crippen molar-refractivity contribution in [2.24, 2.45) is 0 Å². The first-order chi connectivity index (χ1) is 14.4. The molecule has 0 radical (unpaired) electrons. The first kappa shape index (κ1) is 20.9. The Morgan fingerprint density at radius 3 is 2.30 bits per heavy atom. The van der Waals surface area contributed by atoms with E-state index in [0.29, 0.717) is 11.3 Å². The summed E-state index contributed by atoms with van der Waals surface area (Å²) in [4.78, 5) is 35.5. The van der Waals surface area contributed by atoms with Gasteiger partial charge >= 0.3 is 0 Å². The van der Waals surface area contributed by atoms with Crippen LogP contribution in [0.4, 0.5) is 5.69 Å². The lowest BCUT2D eigenvalue weighted by Gasteiger charge is -2.12. The Bertz CT molecular complexity index is 1110. The quantitative estimate of drug-likeness (QED) is 0.384. The van der Waals surface area contributed by atoms with Gasteiger partial charge in [0.25, 0.3) is 5.91 Å². The van der Waals surface area contributed by atoms with Crippen LogP contribution in [-0.4, -0.2) is 22.8 Å².